The van der Waals surface area contributed by atoms with Gasteiger partial charge in [-0.1, -0.05) is 12.1 Å². The van der Waals surface area contributed by atoms with Gasteiger partial charge < -0.3 is 14.7 Å². The molecule has 108 valence electrons. The molecule has 1 unspecified atom stereocenters. The van der Waals surface area contributed by atoms with Gasteiger partial charge in [-0.15, -0.1) is 0 Å². The highest BCUT2D eigenvalue weighted by atomic mass is 19.1. The molecular weight excluding hydrogens is 265 g/mol. The topological polar surface area (TPSA) is 66.8 Å². The van der Waals surface area contributed by atoms with Crippen LogP contribution in [0.5, 0.6) is 0 Å². The minimum atomic E-state index is -0.979. The maximum absolute atomic E-state index is 13.1. The fraction of sp³-hybridized carbons (Fsp3) is 0.429. The molecule has 1 heterocycles. The Kier molecular flexibility index (Phi) is 4.04. The van der Waals surface area contributed by atoms with E-state index in [9.17, 15) is 14.0 Å². The largest absolute Gasteiger partial charge is 0.481 e. The van der Waals surface area contributed by atoms with Crippen LogP contribution in [0.2, 0.25) is 0 Å². The van der Waals surface area contributed by atoms with Crippen molar-refractivity contribution in [1.82, 2.24) is 4.90 Å². The number of hydrogen-bond donors (Lipinski definition) is 1. The fourth-order valence-corrected chi connectivity index (χ4v) is 2.29. The molecule has 0 saturated carbocycles. The zero-order chi connectivity index (χ0) is 14.8. The number of ether oxygens (including phenoxy) is 1. The van der Waals surface area contributed by atoms with Crippen LogP contribution in [0, 0.1) is 5.82 Å². The molecule has 1 N–H and O–H groups in total. The molecule has 1 aromatic rings. The fourth-order valence-electron chi connectivity index (χ4n) is 2.29. The number of aliphatic carboxylic acids is 1. The molecule has 1 fully saturated rings. The third-order valence-corrected chi connectivity index (χ3v) is 3.21. The standard InChI is InChI=1S/C14H16FNO4/c1-14(6-13(18)19)9-16(12(17)8-20-14)7-10-3-2-4-11(15)5-10/h2-5H,6-9H2,1H3,(H,18,19). The Bertz CT molecular complexity index is 534. The quantitative estimate of drug-likeness (QED) is 0.906. The van der Waals surface area contributed by atoms with E-state index in [2.05, 4.69) is 0 Å². The summed E-state index contributed by atoms with van der Waals surface area (Å²) in [6.45, 7) is 1.93. The smallest absolute Gasteiger partial charge is 0.306 e. The minimum absolute atomic E-state index is 0.154. The summed E-state index contributed by atoms with van der Waals surface area (Å²) in [5.41, 5.74) is -0.245. The van der Waals surface area contributed by atoms with Gasteiger partial charge in [0.1, 0.15) is 12.4 Å². The van der Waals surface area contributed by atoms with Crippen LogP contribution in [0.4, 0.5) is 4.39 Å². The van der Waals surface area contributed by atoms with Gasteiger partial charge in [0.25, 0.3) is 0 Å². The Morgan fingerprint density at radius 1 is 1.55 bits per heavy atom. The van der Waals surface area contributed by atoms with Gasteiger partial charge in [-0.3, -0.25) is 9.59 Å². The number of carboxylic acids is 1. The lowest BCUT2D eigenvalue weighted by molar-refractivity contribution is -0.169. The zero-order valence-corrected chi connectivity index (χ0v) is 11.1. The first-order valence-corrected chi connectivity index (χ1v) is 6.26. The molecule has 1 atom stereocenters. The number of carbonyl (C=O) groups excluding carboxylic acids is 1. The van der Waals surface area contributed by atoms with Crippen molar-refractivity contribution in [1.29, 1.82) is 0 Å². The first-order valence-electron chi connectivity index (χ1n) is 6.26. The summed E-state index contributed by atoms with van der Waals surface area (Å²) < 4.78 is 18.5. The SMILES string of the molecule is CC1(CC(=O)O)CN(Cc2cccc(F)c2)C(=O)CO1. The molecular formula is C14H16FNO4. The summed E-state index contributed by atoms with van der Waals surface area (Å²) in [5, 5.41) is 8.88. The van der Waals surface area contributed by atoms with Gasteiger partial charge in [-0.05, 0) is 24.6 Å². The molecule has 1 saturated heterocycles. The van der Waals surface area contributed by atoms with Crippen LogP contribution < -0.4 is 0 Å². The monoisotopic (exact) mass is 281 g/mol. The number of benzene rings is 1. The van der Waals surface area contributed by atoms with Crippen molar-refractivity contribution in [2.75, 3.05) is 13.2 Å². The number of morpholine rings is 1. The van der Waals surface area contributed by atoms with Crippen LogP contribution in [0.1, 0.15) is 18.9 Å². The van der Waals surface area contributed by atoms with Gasteiger partial charge >= 0.3 is 5.97 Å². The Hall–Kier alpha value is -1.95. The number of hydrogen-bond acceptors (Lipinski definition) is 3. The lowest BCUT2D eigenvalue weighted by Crippen LogP contribution is -2.53. The molecule has 1 aliphatic heterocycles. The predicted molar refractivity (Wildman–Crippen MR) is 68.4 cm³/mol. The molecule has 0 bridgehead atoms. The van der Waals surface area contributed by atoms with E-state index in [0.717, 1.165) is 0 Å². The maximum Gasteiger partial charge on any atom is 0.306 e. The van der Waals surface area contributed by atoms with E-state index in [1.54, 1.807) is 19.1 Å². The number of carboxylic acid groups (broad SMARTS) is 1. The molecule has 0 aliphatic carbocycles. The number of rotatable bonds is 4. The molecule has 0 aromatic heterocycles. The van der Waals surface area contributed by atoms with Gasteiger partial charge in [-0.2, -0.15) is 0 Å². The van der Waals surface area contributed by atoms with E-state index in [1.807, 2.05) is 0 Å². The number of carbonyl (C=O) groups is 2. The van der Waals surface area contributed by atoms with Crippen LogP contribution in [0.3, 0.4) is 0 Å². The van der Waals surface area contributed by atoms with Crippen LogP contribution in [0.15, 0.2) is 24.3 Å². The van der Waals surface area contributed by atoms with Crippen molar-refractivity contribution >= 4 is 11.9 Å². The van der Waals surface area contributed by atoms with Gasteiger partial charge in [0.15, 0.2) is 0 Å². The van der Waals surface area contributed by atoms with Crippen LogP contribution in [0.25, 0.3) is 0 Å². The average molecular weight is 281 g/mol. The van der Waals surface area contributed by atoms with Crippen molar-refractivity contribution in [2.24, 2.45) is 0 Å². The van der Waals surface area contributed by atoms with Crippen LogP contribution >= 0.6 is 0 Å². The van der Waals surface area contributed by atoms with Crippen molar-refractivity contribution < 1.29 is 23.8 Å². The normalized spacial score (nSPS) is 22.9. The van der Waals surface area contributed by atoms with Crippen molar-refractivity contribution in [2.45, 2.75) is 25.5 Å². The molecule has 0 spiro atoms. The Morgan fingerprint density at radius 2 is 2.30 bits per heavy atom. The highest BCUT2D eigenvalue weighted by molar-refractivity contribution is 5.79. The summed E-state index contributed by atoms with van der Waals surface area (Å²) in [5.74, 6) is -1.57. The Labute approximate surface area is 116 Å². The lowest BCUT2D eigenvalue weighted by Gasteiger charge is -2.39. The molecule has 1 aliphatic rings. The average Bonchev–Trinajstić information content (AvgIpc) is 2.33. The Balaban J connectivity index is 2.09. The van der Waals surface area contributed by atoms with Crippen molar-refractivity contribution in [3.63, 3.8) is 0 Å². The molecule has 2 rings (SSSR count). The summed E-state index contributed by atoms with van der Waals surface area (Å²) in [7, 11) is 0. The summed E-state index contributed by atoms with van der Waals surface area (Å²) in [4.78, 5) is 24.1. The molecule has 0 radical (unpaired) electrons. The summed E-state index contributed by atoms with van der Waals surface area (Å²) in [6.07, 6.45) is -0.181. The van der Waals surface area contributed by atoms with E-state index in [-0.39, 0.29) is 37.8 Å². The second kappa shape index (κ2) is 5.58. The van der Waals surface area contributed by atoms with Crippen molar-refractivity contribution in [3.8, 4) is 0 Å². The second-order valence-electron chi connectivity index (χ2n) is 5.19. The Morgan fingerprint density at radius 3 is 2.95 bits per heavy atom. The van der Waals surface area contributed by atoms with Gasteiger partial charge in [-0.25, -0.2) is 4.39 Å². The third kappa shape index (κ3) is 3.54. The number of halogens is 1. The van der Waals surface area contributed by atoms with Crippen LogP contribution in [-0.2, 0) is 20.9 Å². The maximum atomic E-state index is 13.1. The van der Waals surface area contributed by atoms with Gasteiger partial charge in [0.2, 0.25) is 5.91 Å². The molecule has 20 heavy (non-hydrogen) atoms. The van der Waals surface area contributed by atoms with Crippen molar-refractivity contribution in [3.05, 3.63) is 35.6 Å². The molecule has 5 nitrogen and oxygen atoms in total. The number of nitrogens with zero attached hydrogens (tertiary/aromatic N) is 1. The summed E-state index contributed by atoms with van der Waals surface area (Å²) in [6, 6.07) is 5.99. The van der Waals surface area contributed by atoms with E-state index in [4.69, 9.17) is 9.84 Å². The second-order valence-corrected chi connectivity index (χ2v) is 5.19. The van der Waals surface area contributed by atoms with E-state index < -0.39 is 11.6 Å². The summed E-state index contributed by atoms with van der Waals surface area (Å²) >= 11 is 0. The lowest BCUT2D eigenvalue weighted by atomic mass is 9.99. The molecule has 1 amide bonds. The highest BCUT2D eigenvalue weighted by Gasteiger charge is 2.37. The van der Waals surface area contributed by atoms with Crippen LogP contribution in [-0.4, -0.2) is 40.6 Å². The number of amides is 1. The highest BCUT2D eigenvalue weighted by Crippen LogP contribution is 2.23. The third-order valence-electron chi connectivity index (χ3n) is 3.21. The molecule has 1 aromatic carbocycles. The first kappa shape index (κ1) is 14.5. The van der Waals surface area contributed by atoms with Gasteiger partial charge in [0.05, 0.1) is 18.6 Å². The van der Waals surface area contributed by atoms with Gasteiger partial charge in [0, 0.05) is 6.54 Å². The molecule has 6 heteroatoms. The zero-order valence-electron chi connectivity index (χ0n) is 11.1. The van der Waals surface area contributed by atoms with E-state index >= 15 is 0 Å². The van der Waals surface area contributed by atoms with E-state index in [0.29, 0.717) is 5.56 Å². The minimum Gasteiger partial charge on any atom is -0.481 e. The predicted octanol–water partition coefficient (Wildman–Crippen LogP) is 1.42. The van der Waals surface area contributed by atoms with E-state index in [1.165, 1.54) is 17.0 Å². The first-order chi connectivity index (χ1) is 9.38.